The largest absolute Gasteiger partial charge is 0.346 e. The van der Waals surface area contributed by atoms with Crippen molar-refractivity contribution in [2.45, 2.75) is 89.1 Å². The molecule has 22 heavy (non-hydrogen) atoms. The van der Waals surface area contributed by atoms with Gasteiger partial charge >= 0.3 is 0 Å². The Morgan fingerprint density at radius 2 is 1.00 bits per heavy atom. The van der Waals surface area contributed by atoms with Gasteiger partial charge in [0, 0.05) is 0 Å². The van der Waals surface area contributed by atoms with E-state index in [1.807, 2.05) is 0 Å². The molecule has 124 valence electrons. The summed E-state index contributed by atoms with van der Waals surface area (Å²) < 4.78 is 0. The molecule has 0 spiro atoms. The quantitative estimate of drug-likeness (QED) is 0.736. The van der Waals surface area contributed by atoms with Gasteiger partial charge in [0.25, 0.3) is 0 Å². The highest BCUT2D eigenvalue weighted by Gasteiger charge is 2.29. The first-order valence-corrected chi connectivity index (χ1v) is 10.1. The molecular formula is C18H36B2N2. The van der Waals surface area contributed by atoms with Crippen molar-refractivity contribution in [1.82, 2.24) is 9.62 Å². The molecule has 2 atom stereocenters. The molecule has 3 fully saturated rings. The van der Waals surface area contributed by atoms with Crippen LogP contribution in [0.15, 0.2) is 0 Å². The van der Waals surface area contributed by atoms with Crippen molar-refractivity contribution < 1.29 is 0 Å². The zero-order valence-electron chi connectivity index (χ0n) is 15.1. The minimum atomic E-state index is 0.903. The van der Waals surface area contributed by atoms with Crippen LogP contribution in [0, 0.1) is 11.8 Å². The smallest absolute Gasteiger partial charge is 0.185 e. The lowest BCUT2D eigenvalue weighted by molar-refractivity contribution is 0.156. The maximum Gasteiger partial charge on any atom is 0.185 e. The van der Waals surface area contributed by atoms with Gasteiger partial charge in [0.1, 0.15) is 0 Å². The molecule has 1 saturated carbocycles. The maximum absolute atomic E-state index is 2.65. The lowest BCUT2D eigenvalue weighted by Gasteiger charge is -2.39. The highest BCUT2D eigenvalue weighted by molar-refractivity contribution is 6.04. The SMILES string of the molecule is BN1CCCCC1CC1CCC(CC2CCCCN2B)CC1. The van der Waals surface area contributed by atoms with E-state index < -0.39 is 0 Å². The lowest BCUT2D eigenvalue weighted by Crippen LogP contribution is -2.40. The Labute approximate surface area is 140 Å². The van der Waals surface area contributed by atoms with Crippen molar-refractivity contribution in [2.24, 2.45) is 11.8 Å². The van der Waals surface area contributed by atoms with E-state index in [0.29, 0.717) is 0 Å². The summed E-state index contributed by atoms with van der Waals surface area (Å²) in [6.07, 6.45) is 17.8. The van der Waals surface area contributed by atoms with Gasteiger partial charge in [-0.3, -0.25) is 0 Å². The van der Waals surface area contributed by atoms with E-state index in [4.69, 9.17) is 0 Å². The van der Waals surface area contributed by atoms with Crippen molar-refractivity contribution in [3.63, 3.8) is 0 Å². The molecule has 2 saturated heterocycles. The average Bonchev–Trinajstić information content (AvgIpc) is 2.54. The number of hydrogen-bond acceptors (Lipinski definition) is 2. The van der Waals surface area contributed by atoms with Gasteiger partial charge < -0.3 is 9.62 Å². The van der Waals surface area contributed by atoms with Gasteiger partial charge in [0.05, 0.1) is 0 Å². The van der Waals surface area contributed by atoms with E-state index in [1.165, 1.54) is 90.1 Å². The number of nitrogens with zero attached hydrogens (tertiary/aromatic N) is 2. The summed E-state index contributed by atoms with van der Waals surface area (Å²) >= 11 is 0. The topological polar surface area (TPSA) is 6.48 Å². The molecule has 0 amide bonds. The van der Waals surface area contributed by atoms with Crippen LogP contribution < -0.4 is 0 Å². The molecule has 3 rings (SSSR count). The predicted octanol–water partition coefficient (Wildman–Crippen LogP) is 2.38. The molecule has 0 aromatic rings. The van der Waals surface area contributed by atoms with Crippen molar-refractivity contribution in [2.75, 3.05) is 13.1 Å². The molecule has 4 heteroatoms. The third kappa shape index (κ3) is 4.54. The summed E-state index contributed by atoms with van der Waals surface area (Å²) in [5.74, 6) is 2.07. The van der Waals surface area contributed by atoms with Gasteiger partial charge in [-0.05, 0) is 75.5 Å². The Morgan fingerprint density at radius 3 is 1.36 bits per heavy atom. The molecule has 2 aliphatic heterocycles. The second-order valence-corrected chi connectivity index (χ2v) is 8.62. The van der Waals surface area contributed by atoms with Crippen molar-refractivity contribution >= 4 is 16.0 Å². The van der Waals surface area contributed by atoms with E-state index in [1.54, 1.807) is 0 Å². The third-order valence-electron chi connectivity index (χ3n) is 7.02. The number of hydrogen-bond donors (Lipinski definition) is 0. The van der Waals surface area contributed by atoms with Crippen molar-refractivity contribution in [3.8, 4) is 0 Å². The van der Waals surface area contributed by atoms with Gasteiger partial charge in [-0.1, -0.05) is 38.5 Å². The van der Waals surface area contributed by atoms with Crippen LogP contribution in [-0.4, -0.2) is 50.8 Å². The fourth-order valence-electron chi connectivity index (χ4n) is 5.36. The molecule has 3 aliphatic rings. The van der Waals surface area contributed by atoms with Crippen LogP contribution in [0.2, 0.25) is 0 Å². The monoisotopic (exact) mass is 302 g/mol. The Morgan fingerprint density at radius 1 is 0.591 bits per heavy atom. The molecule has 2 nitrogen and oxygen atoms in total. The Bertz CT molecular complexity index is 299. The molecule has 0 aromatic heterocycles. The molecule has 0 aromatic carbocycles. The number of piperidine rings is 2. The summed E-state index contributed by atoms with van der Waals surface area (Å²) in [5.41, 5.74) is 0. The van der Waals surface area contributed by atoms with Crippen molar-refractivity contribution in [1.29, 1.82) is 0 Å². The van der Waals surface area contributed by atoms with Gasteiger partial charge in [-0.2, -0.15) is 0 Å². The van der Waals surface area contributed by atoms with Gasteiger partial charge in [0.15, 0.2) is 16.0 Å². The fourth-order valence-corrected chi connectivity index (χ4v) is 5.36. The third-order valence-corrected chi connectivity index (χ3v) is 7.02. The van der Waals surface area contributed by atoms with Crippen LogP contribution in [0.1, 0.15) is 77.0 Å². The molecule has 0 radical (unpaired) electrons. The minimum Gasteiger partial charge on any atom is -0.346 e. The second kappa shape index (κ2) is 8.24. The summed E-state index contributed by atoms with van der Waals surface area (Å²) in [4.78, 5) is 5.29. The van der Waals surface area contributed by atoms with Crippen LogP contribution in [-0.2, 0) is 0 Å². The summed E-state index contributed by atoms with van der Waals surface area (Å²) in [5, 5.41) is 0. The van der Waals surface area contributed by atoms with Gasteiger partial charge in [0.2, 0.25) is 0 Å². The standard InChI is InChI=1S/C18H36B2N2/c19-21-11-3-1-5-17(21)13-15-7-9-16(10-8-15)14-18-6-2-4-12-22(18)20/h15-18H,1-14,19-20H2. The first-order chi connectivity index (χ1) is 10.7. The predicted molar refractivity (Wildman–Crippen MR) is 100 cm³/mol. The second-order valence-electron chi connectivity index (χ2n) is 8.62. The van der Waals surface area contributed by atoms with Crippen LogP contribution in [0.3, 0.4) is 0 Å². The van der Waals surface area contributed by atoms with Crippen LogP contribution in [0.25, 0.3) is 0 Å². The highest BCUT2D eigenvalue weighted by Crippen LogP contribution is 2.37. The summed E-state index contributed by atoms with van der Waals surface area (Å²) in [7, 11) is 4.71. The molecule has 2 heterocycles. The van der Waals surface area contributed by atoms with E-state index >= 15 is 0 Å². The van der Waals surface area contributed by atoms with E-state index in [-0.39, 0.29) is 0 Å². The first-order valence-electron chi connectivity index (χ1n) is 10.1. The zero-order valence-corrected chi connectivity index (χ0v) is 15.1. The first kappa shape index (κ1) is 16.9. The maximum atomic E-state index is 2.65. The van der Waals surface area contributed by atoms with E-state index in [9.17, 15) is 0 Å². The fraction of sp³-hybridized carbons (Fsp3) is 1.00. The van der Waals surface area contributed by atoms with Crippen LogP contribution in [0.4, 0.5) is 0 Å². The number of rotatable bonds is 4. The van der Waals surface area contributed by atoms with Gasteiger partial charge in [-0.25, -0.2) is 0 Å². The van der Waals surface area contributed by atoms with Crippen LogP contribution >= 0.6 is 0 Å². The van der Waals surface area contributed by atoms with E-state index in [0.717, 1.165) is 23.9 Å². The van der Waals surface area contributed by atoms with E-state index in [2.05, 4.69) is 25.6 Å². The zero-order chi connectivity index (χ0) is 15.4. The molecule has 0 N–H and O–H groups in total. The Hall–Kier alpha value is 0.0499. The Balaban J connectivity index is 1.38. The Kier molecular flexibility index (Phi) is 6.33. The minimum absolute atomic E-state index is 0.903. The van der Waals surface area contributed by atoms with Crippen LogP contribution in [0.5, 0.6) is 0 Å². The van der Waals surface area contributed by atoms with Gasteiger partial charge in [-0.15, -0.1) is 0 Å². The summed E-state index contributed by atoms with van der Waals surface area (Å²) in [6.45, 7) is 2.68. The molecular weight excluding hydrogens is 266 g/mol. The molecule has 2 unspecified atom stereocenters. The summed E-state index contributed by atoms with van der Waals surface area (Å²) in [6, 6.07) is 1.81. The lowest BCUT2D eigenvalue weighted by atomic mass is 9.75. The average molecular weight is 302 g/mol. The molecule has 1 aliphatic carbocycles. The highest BCUT2D eigenvalue weighted by atomic mass is 15.1. The normalized spacial score (nSPS) is 38.9. The van der Waals surface area contributed by atoms with Crippen molar-refractivity contribution in [3.05, 3.63) is 0 Å². The molecule has 0 bridgehead atoms.